The van der Waals surface area contributed by atoms with Gasteiger partial charge in [-0.15, -0.1) is 0 Å². The molecule has 2 aliphatic rings. The van der Waals surface area contributed by atoms with Crippen LogP contribution in [0.2, 0.25) is 0 Å². The molecule has 2 N–H and O–H groups in total. The van der Waals surface area contributed by atoms with Crippen molar-refractivity contribution in [1.82, 2.24) is 0 Å². The Bertz CT molecular complexity index is 1090. The van der Waals surface area contributed by atoms with E-state index in [1.807, 2.05) is 25.1 Å². The molecule has 4 rings (SSSR count). The minimum absolute atomic E-state index is 0. The molecule has 1 heterocycles. The molecule has 1 aliphatic heterocycles. The Labute approximate surface area is 230 Å². The van der Waals surface area contributed by atoms with E-state index in [-0.39, 0.29) is 52.1 Å². The molecule has 0 aromatic heterocycles. The second-order valence-corrected chi connectivity index (χ2v) is 9.38. The molecule has 4 atom stereocenters. The monoisotopic (exact) mass is 567 g/mol. The molecule has 195 valence electrons. The van der Waals surface area contributed by atoms with Crippen molar-refractivity contribution in [2.24, 2.45) is 16.8 Å². The minimum Gasteiger partial charge on any atom is -0.489 e. The van der Waals surface area contributed by atoms with Crippen LogP contribution < -0.4 is 10.1 Å². The first-order valence-electron chi connectivity index (χ1n) is 12.3. The van der Waals surface area contributed by atoms with Gasteiger partial charge in [-0.25, -0.2) is 4.79 Å². The number of nitrogens with zero attached hydrogens (tertiary/aromatic N) is 1. The van der Waals surface area contributed by atoms with Gasteiger partial charge in [-0.1, -0.05) is 32.0 Å². The van der Waals surface area contributed by atoms with Gasteiger partial charge in [-0.05, 0) is 62.3 Å². The van der Waals surface area contributed by atoms with Gasteiger partial charge >= 0.3 is 5.97 Å². The van der Waals surface area contributed by atoms with Crippen molar-refractivity contribution in [2.45, 2.75) is 65.9 Å². The normalized spacial score (nSPS) is 23.7. The van der Waals surface area contributed by atoms with Crippen molar-refractivity contribution in [3.8, 4) is 5.75 Å². The Balaban J connectivity index is 0.00000216. The molecule has 4 unspecified atom stereocenters. The summed E-state index contributed by atoms with van der Waals surface area (Å²) in [6.45, 7) is 12.2. The third-order valence-corrected chi connectivity index (χ3v) is 7.32. The molecular weight excluding hydrogens is 532 g/mol. The van der Waals surface area contributed by atoms with E-state index in [9.17, 15) is 9.90 Å². The summed E-state index contributed by atoms with van der Waals surface area (Å²) < 4.78 is 6.64. The molecule has 7 heteroatoms. The molecule has 2 aromatic carbocycles. The summed E-state index contributed by atoms with van der Waals surface area (Å²) in [4.78, 5) is 17.2. The topological polar surface area (TPSA) is 70.9 Å². The molecule has 1 fully saturated rings. The van der Waals surface area contributed by atoms with Gasteiger partial charge in [0.05, 0.1) is 5.56 Å². The fourth-order valence-electron chi connectivity index (χ4n) is 5.82. The molecule has 35 heavy (non-hydrogen) atoms. The zero-order chi connectivity index (χ0) is 23.7. The maximum Gasteiger partial charge on any atom is 0.336 e. The van der Waals surface area contributed by atoms with Gasteiger partial charge in [0.25, 0.3) is 0 Å². The van der Waals surface area contributed by atoms with E-state index in [2.05, 4.69) is 45.1 Å². The van der Waals surface area contributed by atoms with Crippen LogP contribution >= 0.6 is 0 Å². The largest absolute Gasteiger partial charge is 0.489 e. The number of carboxylic acid groups (broad SMARTS) is 1. The van der Waals surface area contributed by atoms with Crippen molar-refractivity contribution < 1.29 is 48.8 Å². The first kappa shape index (κ1) is 29.4. The van der Waals surface area contributed by atoms with Crippen LogP contribution in [-0.2, 0) is 40.6 Å². The van der Waals surface area contributed by atoms with Gasteiger partial charge in [-0.2, -0.15) is 0 Å². The van der Waals surface area contributed by atoms with Crippen molar-refractivity contribution >= 4 is 17.4 Å². The van der Waals surface area contributed by atoms with Crippen molar-refractivity contribution in [3.05, 3.63) is 58.1 Å². The Morgan fingerprint density at radius 3 is 2.57 bits per heavy atom. The average Bonchev–Trinajstić information content (AvgIpc) is 2.79. The number of carbonyl (C=O) groups is 1. The van der Waals surface area contributed by atoms with E-state index in [4.69, 9.17) is 9.73 Å². The predicted octanol–water partition coefficient (Wildman–Crippen LogP) is 6.08. The van der Waals surface area contributed by atoms with Gasteiger partial charge in [0.15, 0.2) is 0 Å². The molecule has 5 nitrogen and oxygen atoms in total. The van der Waals surface area contributed by atoms with E-state index >= 15 is 0 Å². The number of aliphatic imine (C=N–C) groups is 1. The average molecular weight is 568 g/mol. The zero-order valence-electron chi connectivity index (χ0n) is 21.1. The van der Waals surface area contributed by atoms with E-state index in [1.165, 1.54) is 5.71 Å². The molecule has 0 bridgehead atoms. The molecule has 1 saturated carbocycles. The summed E-state index contributed by atoms with van der Waals surface area (Å²) in [5.41, 5.74) is 6.83. The maximum absolute atomic E-state index is 12.5. The quantitative estimate of drug-likeness (QED) is 0.415. The molecule has 0 saturated heterocycles. The molecular formula is C28H36CuFeN2O3. The van der Waals surface area contributed by atoms with E-state index < -0.39 is 5.97 Å². The Hall–Kier alpha value is -1.78. The first-order valence-corrected chi connectivity index (χ1v) is 12.3. The van der Waals surface area contributed by atoms with Gasteiger partial charge in [0.1, 0.15) is 11.9 Å². The number of anilines is 1. The van der Waals surface area contributed by atoms with Crippen molar-refractivity contribution in [3.63, 3.8) is 0 Å². The summed E-state index contributed by atoms with van der Waals surface area (Å²) in [6, 6.07) is 10.3. The van der Waals surface area contributed by atoms with E-state index in [1.54, 1.807) is 0 Å². The third kappa shape index (κ3) is 5.64. The standard InChI is InChI=1S/C28H36N2O3.Cu.Fe/c1-6-18-10-9-11-19(26(18)28(31)32)27-20-12-16(4)22(29-7-2)14-24(20)33-25-15-23(30-8-3)17(5)13-21(25)27;;/h9-12,14,17,21,25,27,29H,6-8,13,15H2,1-5H3,(H,31,32);;. The Morgan fingerprint density at radius 1 is 1.20 bits per heavy atom. The molecule has 2 aromatic rings. The minimum atomic E-state index is -0.842. The summed E-state index contributed by atoms with van der Waals surface area (Å²) in [6.07, 6.45) is 2.43. The second kappa shape index (κ2) is 12.5. The number of ether oxygens (including phenoxy) is 1. The van der Waals surface area contributed by atoms with Crippen LogP contribution in [0.25, 0.3) is 0 Å². The number of carboxylic acids is 1. The number of fused-ring (bicyclic) bond motifs is 2. The van der Waals surface area contributed by atoms with E-state index in [0.29, 0.717) is 17.9 Å². The number of aryl methyl sites for hydroxylation is 2. The summed E-state index contributed by atoms with van der Waals surface area (Å²) in [5, 5.41) is 13.7. The molecule has 1 radical (unpaired) electrons. The molecule has 0 spiro atoms. The first-order chi connectivity index (χ1) is 15.9. The van der Waals surface area contributed by atoms with Crippen LogP contribution in [0.4, 0.5) is 5.69 Å². The summed E-state index contributed by atoms with van der Waals surface area (Å²) >= 11 is 0. The maximum atomic E-state index is 12.5. The second-order valence-electron chi connectivity index (χ2n) is 9.38. The van der Waals surface area contributed by atoms with Crippen LogP contribution in [0.5, 0.6) is 5.75 Å². The van der Waals surface area contributed by atoms with Crippen molar-refractivity contribution in [2.75, 3.05) is 18.4 Å². The number of aromatic carboxylic acids is 1. The summed E-state index contributed by atoms with van der Waals surface area (Å²) in [7, 11) is 0. The predicted molar refractivity (Wildman–Crippen MR) is 134 cm³/mol. The summed E-state index contributed by atoms with van der Waals surface area (Å²) in [5.74, 6) is 0.578. The zero-order valence-corrected chi connectivity index (χ0v) is 23.1. The Kier molecular flexibility index (Phi) is 10.5. The SMILES string of the molecule is CCN=C1CC2Oc3cc(NCC)c(C)cc3C(c3cccc(CC)c3C(=O)O)C2CC1C.[Cu].[Fe]. The van der Waals surface area contributed by atoms with Crippen LogP contribution in [-0.4, -0.2) is 36.0 Å². The number of benzene rings is 2. The molecule has 0 amide bonds. The number of rotatable bonds is 6. The fraction of sp³-hybridized carbons (Fsp3) is 0.500. The van der Waals surface area contributed by atoms with Gasteiger partial charge in [0, 0.05) is 88.5 Å². The third-order valence-electron chi connectivity index (χ3n) is 7.32. The number of hydrogen-bond acceptors (Lipinski definition) is 4. The van der Waals surface area contributed by atoms with Crippen molar-refractivity contribution in [1.29, 1.82) is 0 Å². The fourth-order valence-corrected chi connectivity index (χ4v) is 5.82. The van der Waals surface area contributed by atoms with Crippen LogP contribution in [0.3, 0.4) is 0 Å². The smallest absolute Gasteiger partial charge is 0.336 e. The van der Waals surface area contributed by atoms with Gasteiger partial charge in [0.2, 0.25) is 0 Å². The van der Waals surface area contributed by atoms with Crippen LogP contribution in [0.15, 0.2) is 35.3 Å². The number of nitrogens with one attached hydrogen (secondary N) is 1. The van der Waals surface area contributed by atoms with Crippen LogP contribution in [0.1, 0.15) is 79.1 Å². The molecule has 1 aliphatic carbocycles. The van der Waals surface area contributed by atoms with Gasteiger partial charge in [-0.3, -0.25) is 4.99 Å². The van der Waals surface area contributed by atoms with E-state index in [0.717, 1.165) is 59.6 Å². The number of hydrogen-bond donors (Lipinski definition) is 2. The van der Waals surface area contributed by atoms with Crippen LogP contribution in [0, 0.1) is 18.8 Å². The van der Waals surface area contributed by atoms with Gasteiger partial charge < -0.3 is 15.2 Å². The Morgan fingerprint density at radius 2 is 1.94 bits per heavy atom.